The predicted octanol–water partition coefficient (Wildman–Crippen LogP) is 7.08. The van der Waals surface area contributed by atoms with Crippen LogP contribution in [0.25, 0.3) is 11.0 Å². The van der Waals surface area contributed by atoms with Crippen LogP contribution in [0.2, 0.25) is 5.02 Å². The third-order valence-electron chi connectivity index (χ3n) is 7.04. The number of likely N-dealkylation sites (tertiary alicyclic amines) is 1. The number of carbonyl (C=O) groups is 2. The number of benzene rings is 2. The van der Waals surface area contributed by atoms with Crippen molar-refractivity contribution in [3.05, 3.63) is 77.2 Å². The van der Waals surface area contributed by atoms with E-state index in [9.17, 15) is 9.59 Å². The normalized spacial score (nSPS) is 17.0. The van der Waals surface area contributed by atoms with Crippen molar-refractivity contribution in [2.75, 3.05) is 18.4 Å². The molecular weight excluding hydrogens is 542 g/mol. The average Bonchev–Trinajstić information content (AvgIpc) is 3.56. The molecule has 0 saturated carbocycles. The zero-order valence-corrected chi connectivity index (χ0v) is 24.4. The molecule has 2 aromatic heterocycles. The van der Waals surface area contributed by atoms with Gasteiger partial charge in [-0.2, -0.15) is 0 Å². The van der Waals surface area contributed by atoms with Crippen LogP contribution in [0.3, 0.4) is 0 Å². The van der Waals surface area contributed by atoms with Crippen molar-refractivity contribution in [3.8, 4) is 11.5 Å². The molecule has 0 spiro atoms. The van der Waals surface area contributed by atoms with E-state index in [1.54, 1.807) is 24.4 Å². The van der Waals surface area contributed by atoms with E-state index in [-0.39, 0.29) is 28.9 Å². The Morgan fingerprint density at radius 2 is 1.88 bits per heavy atom. The van der Waals surface area contributed by atoms with Crippen molar-refractivity contribution in [2.45, 2.75) is 52.2 Å². The molecule has 2 N–H and O–H groups in total. The number of nitrogens with zero attached hydrogens (tertiary/aromatic N) is 3. The van der Waals surface area contributed by atoms with Gasteiger partial charge in [0.05, 0.1) is 16.0 Å². The van der Waals surface area contributed by atoms with Crippen LogP contribution in [0.1, 0.15) is 56.5 Å². The molecule has 10 heteroatoms. The summed E-state index contributed by atoms with van der Waals surface area (Å²) in [6.45, 7) is 8.86. The van der Waals surface area contributed by atoms with Crippen LogP contribution in [0.15, 0.2) is 61.1 Å². The second-order valence-electron chi connectivity index (χ2n) is 11.2. The molecule has 0 bridgehead atoms. The fraction of sp³-hybridized carbons (Fsp3) is 0.355. The summed E-state index contributed by atoms with van der Waals surface area (Å²) in [6.07, 6.45) is 4.49. The number of ether oxygens (including phenoxy) is 2. The van der Waals surface area contributed by atoms with E-state index >= 15 is 0 Å². The first kappa shape index (κ1) is 28.4. The topological polar surface area (TPSA) is 109 Å². The van der Waals surface area contributed by atoms with E-state index in [4.69, 9.17) is 21.1 Å². The van der Waals surface area contributed by atoms with E-state index in [1.807, 2.05) is 56.0 Å². The van der Waals surface area contributed by atoms with Crippen LogP contribution in [0, 0.1) is 5.92 Å². The zero-order chi connectivity index (χ0) is 29.1. The Kier molecular flexibility index (Phi) is 8.17. The number of nitrogens with one attached hydrogen (secondary N) is 2. The molecule has 0 radical (unpaired) electrons. The number of aromatic nitrogens is 3. The van der Waals surface area contributed by atoms with Crippen LogP contribution >= 0.6 is 11.6 Å². The molecule has 1 fully saturated rings. The Labute approximate surface area is 244 Å². The summed E-state index contributed by atoms with van der Waals surface area (Å²) in [5.41, 5.74) is 0.750. The Bertz CT molecular complexity index is 1550. The highest BCUT2D eigenvalue weighted by molar-refractivity contribution is 6.35. The van der Waals surface area contributed by atoms with Gasteiger partial charge in [-0.05, 0) is 63.8 Å². The number of para-hydroxylation sites is 1. The van der Waals surface area contributed by atoms with Gasteiger partial charge in [0.25, 0.3) is 0 Å². The number of H-pyrrole nitrogens is 1. The van der Waals surface area contributed by atoms with Gasteiger partial charge in [-0.3, -0.25) is 4.79 Å². The van der Waals surface area contributed by atoms with E-state index in [0.29, 0.717) is 52.6 Å². The van der Waals surface area contributed by atoms with Gasteiger partial charge in [-0.15, -0.1) is 0 Å². The number of hydrogen-bond acceptors (Lipinski definition) is 7. The third-order valence-corrected chi connectivity index (χ3v) is 7.35. The zero-order valence-electron chi connectivity index (χ0n) is 23.6. The molecule has 1 amide bonds. The largest absolute Gasteiger partial charge is 0.457 e. The van der Waals surface area contributed by atoms with Gasteiger partial charge in [0.2, 0.25) is 0 Å². The lowest BCUT2D eigenvalue weighted by Gasteiger charge is -2.28. The van der Waals surface area contributed by atoms with Crippen molar-refractivity contribution < 1.29 is 19.1 Å². The lowest BCUT2D eigenvalue weighted by molar-refractivity contribution is 0.0219. The highest BCUT2D eigenvalue weighted by Crippen LogP contribution is 2.32. The molecule has 2 aromatic carbocycles. The van der Waals surface area contributed by atoms with Crippen LogP contribution < -0.4 is 10.1 Å². The standard InChI is InChI=1S/C31H34ClN5O4/c1-5-20-13-19(17-37(20)30(39)41-31(2,3)4)15-33-28-26-24(16-34-29(26)36-18-35-28)27(38)23-12-11-22(14-25(23)32)40-21-9-7-6-8-10-21/h6-12,14,16,18-20H,5,13,15,17H2,1-4H3,(H2,33,34,35,36)/t19-,20+/m0/s1. The second-order valence-corrected chi connectivity index (χ2v) is 11.6. The molecular formula is C31H34ClN5O4. The number of rotatable bonds is 8. The number of fused-ring (bicyclic) bond motifs is 1. The van der Waals surface area contributed by atoms with Gasteiger partial charge in [-0.1, -0.05) is 36.7 Å². The molecule has 4 aromatic rings. The first-order valence-electron chi connectivity index (χ1n) is 13.8. The molecule has 1 saturated heterocycles. The van der Waals surface area contributed by atoms with Crippen molar-refractivity contribution in [1.29, 1.82) is 0 Å². The lowest BCUT2D eigenvalue weighted by Crippen LogP contribution is -2.39. The molecule has 3 heterocycles. The summed E-state index contributed by atoms with van der Waals surface area (Å²) in [5.74, 6) is 1.69. The first-order valence-corrected chi connectivity index (χ1v) is 14.1. The minimum atomic E-state index is -0.548. The monoisotopic (exact) mass is 575 g/mol. The van der Waals surface area contributed by atoms with E-state index < -0.39 is 5.60 Å². The Balaban J connectivity index is 1.32. The van der Waals surface area contributed by atoms with Crippen molar-refractivity contribution in [1.82, 2.24) is 19.9 Å². The second kappa shape index (κ2) is 11.8. The predicted molar refractivity (Wildman–Crippen MR) is 159 cm³/mol. The SMILES string of the molecule is CC[C@@H]1C[C@@H](CNc2ncnc3[nH]cc(C(=O)c4ccc(Oc5ccccc5)cc4Cl)c23)CN1C(=O)OC(C)(C)C. The minimum Gasteiger partial charge on any atom is -0.457 e. The summed E-state index contributed by atoms with van der Waals surface area (Å²) in [7, 11) is 0. The maximum Gasteiger partial charge on any atom is 0.410 e. The van der Waals surface area contributed by atoms with Crippen molar-refractivity contribution >= 4 is 40.3 Å². The Morgan fingerprint density at radius 3 is 2.59 bits per heavy atom. The summed E-state index contributed by atoms with van der Waals surface area (Å²) < 4.78 is 11.5. The Morgan fingerprint density at radius 1 is 1.10 bits per heavy atom. The number of ketones is 1. The number of hydrogen-bond donors (Lipinski definition) is 2. The van der Waals surface area contributed by atoms with Gasteiger partial charge >= 0.3 is 6.09 Å². The maximum atomic E-state index is 13.7. The molecule has 9 nitrogen and oxygen atoms in total. The smallest absolute Gasteiger partial charge is 0.410 e. The number of aromatic amines is 1. The molecule has 1 aliphatic rings. The molecule has 1 aliphatic heterocycles. The quantitative estimate of drug-likeness (QED) is 0.216. The first-order chi connectivity index (χ1) is 19.6. The molecule has 5 rings (SSSR count). The van der Waals surface area contributed by atoms with Crippen LogP contribution in [0.5, 0.6) is 11.5 Å². The molecule has 2 atom stereocenters. The van der Waals surface area contributed by atoms with Crippen molar-refractivity contribution in [3.63, 3.8) is 0 Å². The van der Waals surface area contributed by atoms with E-state index in [0.717, 1.165) is 12.8 Å². The molecule has 0 unspecified atom stereocenters. The Hall–Kier alpha value is -4.11. The highest BCUT2D eigenvalue weighted by atomic mass is 35.5. The van der Waals surface area contributed by atoms with Gasteiger partial charge in [0.1, 0.15) is 34.9 Å². The summed E-state index contributed by atoms with van der Waals surface area (Å²) in [5, 5.41) is 4.28. The summed E-state index contributed by atoms with van der Waals surface area (Å²) >= 11 is 6.55. The van der Waals surface area contributed by atoms with Crippen LogP contribution in [-0.2, 0) is 4.74 Å². The van der Waals surface area contributed by atoms with Gasteiger partial charge in [0.15, 0.2) is 5.78 Å². The van der Waals surface area contributed by atoms with Gasteiger partial charge < -0.3 is 24.7 Å². The number of anilines is 1. The number of amides is 1. The molecule has 0 aliphatic carbocycles. The number of carbonyl (C=O) groups excluding carboxylic acids is 2. The lowest BCUT2D eigenvalue weighted by atomic mass is 10.0. The third kappa shape index (κ3) is 6.46. The van der Waals surface area contributed by atoms with E-state index in [1.165, 1.54) is 6.33 Å². The minimum absolute atomic E-state index is 0.113. The van der Waals surface area contributed by atoms with E-state index in [2.05, 4.69) is 27.2 Å². The highest BCUT2D eigenvalue weighted by Gasteiger charge is 2.36. The van der Waals surface area contributed by atoms with Gasteiger partial charge in [-0.25, -0.2) is 14.8 Å². The fourth-order valence-electron chi connectivity index (χ4n) is 5.12. The van der Waals surface area contributed by atoms with Crippen molar-refractivity contribution in [2.24, 2.45) is 5.92 Å². The summed E-state index contributed by atoms with van der Waals surface area (Å²) in [4.78, 5) is 40.1. The maximum absolute atomic E-state index is 13.7. The summed E-state index contributed by atoms with van der Waals surface area (Å²) in [6, 6.07) is 14.5. The fourth-order valence-corrected chi connectivity index (χ4v) is 5.38. The van der Waals surface area contributed by atoms with Crippen LogP contribution in [-0.4, -0.2) is 56.5 Å². The number of halogens is 1. The average molecular weight is 576 g/mol. The van der Waals surface area contributed by atoms with Gasteiger partial charge in [0, 0.05) is 37.0 Å². The molecule has 41 heavy (non-hydrogen) atoms. The molecule has 214 valence electrons. The van der Waals surface area contributed by atoms with Crippen LogP contribution in [0.4, 0.5) is 10.6 Å².